The van der Waals surface area contributed by atoms with Crippen molar-refractivity contribution in [3.05, 3.63) is 24.0 Å². The Labute approximate surface area is 172 Å². The van der Waals surface area contributed by atoms with E-state index in [0.29, 0.717) is 42.1 Å². The molecule has 5 rings (SSSR count). The normalized spacial score (nSPS) is 30.2. The first-order chi connectivity index (χ1) is 14.1. The first-order valence-corrected chi connectivity index (χ1v) is 11.2. The molecule has 1 aliphatic carbocycles. The molecule has 1 amide bonds. The van der Waals surface area contributed by atoms with Crippen LogP contribution in [-0.2, 0) is 9.53 Å². The van der Waals surface area contributed by atoms with E-state index in [1.54, 1.807) is 11.0 Å². The number of benzene rings is 1. The van der Waals surface area contributed by atoms with Crippen molar-refractivity contribution in [1.82, 2.24) is 4.90 Å². The molecular weight excluding hydrogens is 371 g/mol. The Hall–Kier alpha value is -1.66. The van der Waals surface area contributed by atoms with Crippen LogP contribution >= 0.6 is 0 Å². The molecule has 1 aromatic rings. The van der Waals surface area contributed by atoms with Gasteiger partial charge in [-0.2, -0.15) is 0 Å². The van der Waals surface area contributed by atoms with Crippen molar-refractivity contribution in [1.29, 1.82) is 0 Å². The third-order valence-electron chi connectivity index (χ3n) is 6.99. The van der Waals surface area contributed by atoms with Gasteiger partial charge in [0.2, 0.25) is 0 Å². The number of ether oxygens (including phenoxy) is 2. The number of carbonyl (C=O) groups excluding carboxylic acids is 1. The van der Waals surface area contributed by atoms with Gasteiger partial charge in [-0.1, -0.05) is 6.92 Å². The number of nitrogens with zero attached hydrogens (tertiary/aromatic N) is 2. The number of fused-ring (bicyclic) bond motifs is 3. The fourth-order valence-corrected chi connectivity index (χ4v) is 5.32. The minimum Gasteiger partial charge on any atom is -0.481 e. The van der Waals surface area contributed by atoms with Crippen molar-refractivity contribution in [2.75, 3.05) is 31.2 Å². The third kappa shape index (κ3) is 4.15. The highest BCUT2D eigenvalue weighted by Gasteiger charge is 2.42. The quantitative estimate of drug-likeness (QED) is 0.699. The number of amides is 1. The van der Waals surface area contributed by atoms with Gasteiger partial charge in [0.25, 0.3) is 5.91 Å². The van der Waals surface area contributed by atoms with E-state index >= 15 is 0 Å². The van der Waals surface area contributed by atoms with Gasteiger partial charge in [-0.25, -0.2) is 4.39 Å². The molecule has 3 aliphatic heterocycles. The molecule has 158 valence electrons. The zero-order chi connectivity index (χ0) is 20.0. The molecule has 1 saturated carbocycles. The van der Waals surface area contributed by atoms with E-state index < -0.39 is 0 Å². The highest BCUT2D eigenvalue weighted by molar-refractivity contribution is 5.97. The Morgan fingerprint density at radius 3 is 2.66 bits per heavy atom. The molecule has 6 heteroatoms. The number of carbonyl (C=O) groups is 1. The molecule has 3 atom stereocenters. The lowest BCUT2D eigenvalue weighted by molar-refractivity contribution is -0.121. The number of hydrogen-bond acceptors (Lipinski definition) is 4. The predicted octanol–water partition coefficient (Wildman–Crippen LogP) is 3.61. The Morgan fingerprint density at radius 2 is 1.93 bits per heavy atom. The van der Waals surface area contributed by atoms with Crippen molar-refractivity contribution < 1.29 is 18.7 Å². The first kappa shape index (κ1) is 19.3. The molecule has 29 heavy (non-hydrogen) atoms. The van der Waals surface area contributed by atoms with Crippen LogP contribution in [0.2, 0.25) is 0 Å². The van der Waals surface area contributed by atoms with Crippen LogP contribution in [0, 0.1) is 17.7 Å². The maximum atomic E-state index is 13.5. The average molecular weight is 403 g/mol. The summed E-state index contributed by atoms with van der Waals surface area (Å²) in [4.78, 5) is 16.9. The second-order valence-electron chi connectivity index (χ2n) is 9.46. The van der Waals surface area contributed by atoms with Crippen molar-refractivity contribution in [2.45, 2.75) is 63.6 Å². The summed E-state index contributed by atoms with van der Waals surface area (Å²) in [6.45, 7) is 4.78. The summed E-state index contributed by atoms with van der Waals surface area (Å²) in [5.74, 6) is 1.24. The topological polar surface area (TPSA) is 42.0 Å². The van der Waals surface area contributed by atoms with Crippen molar-refractivity contribution in [3.8, 4) is 5.75 Å². The fourth-order valence-electron chi connectivity index (χ4n) is 5.32. The van der Waals surface area contributed by atoms with Gasteiger partial charge >= 0.3 is 0 Å². The van der Waals surface area contributed by atoms with Crippen LogP contribution in [0.5, 0.6) is 5.75 Å². The minimum absolute atomic E-state index is 0.0157. The Kier molecular flexibility index (Phi) is 5.25. The molecule has 5 nitrogen and oxygen atoms in total. The van der Waals surface area contributed by atoms with E-state index in [-0.39, 0.29) is 18.3 Å². The number of piperidine rings is 1. The lowest BCUT2D eigenvalue weighted by Crippen LogP contribution is -2.49. The summed E-state index contributed by atoms with van der Waals surface area (Å²) < 4.78 is 25.1. The Bertz CT molecular complexity index is 754. The number of hydrogen-bond donors (Lipinski definition) is 0. The second-order valence-corrected chi connectivity index (χ2v) is 9.46. The summed E-state index contributed by atoms with van der Waals surface area (Å²) in [6, 6.07) is 5.64. The predicted molar refractivity (Wildman–Crippen MR) is 109 cm³/mol. The van der Waals surface area contributed by atoms with E-state index in [1.165, 1.54) is 37.8 Å². The van der Waals surface area contributed by atoms with E-state index in [4.69, 9.17) is 9.47 Å². The highest BCUT2D eigenvalue weighted by atomic mass is 19.1. The molecule has 3 fully saturated rings. The maximum Gasteiger partial charge on any atom is 0.265 e. The summed E-state index contributed by atoms with van der Waals surface area (Å²) >= 11 is 0. The number of rotatable bonds is 7. The van der Waals surface area contributed by atoms with Gasteiger partial charge in [-0.3, -0.25) is 9.69 Å². The van der Waals surface area contributed by atoms with Crippen LogP contribution in [-0.4, -0.2) is 55.3 Å². The molecular formula is C23H31FN2O3. The summed E-state index contributed by atoms with van der Waals surface area (Å²) in [5.41, 5.74) is 0.685. The SMILES string of the molecule is CC(CN1C(=O)COc2cc(F)ccc21)CN1C2CCC1CC(OCC1CC1)C2. The molecule has 0 N–H and O–H groups in total. The monoisotopic (exact) mass is 402 g/mol. The Morgan fingerprint density at radius 1 is 1.17 bits per heavy atom. The molecule has 3 unspecified atom stereocenters. The van der Waals surface area contributed by atoms with Crippen molar-refractivity contribution >= 4 is 11.6 Å². The summed E-state index contributed by atoms with van der Waals surface area (Å²) in [5, 5.41) is 0. The van der Waals surface area contributed by atoms with E-state index in [9.17, 15) is 9.18 Å². The Balaban J connectivity index is 1.19. The van der Waals surface area contributed by atoms with Crippen molar-refractivity contribution in [2.24, 2.45) is 11.8 Å². The standard InChI is InChI=1S/C23H31FN2O3/c1-15(12-26-21-7-4-17(24)8-22(21)29-14-23(26)27)11-25-18-5-6-19(25)10-20(9-18)28-13-16-2-3-16/h4,7-8,15-16,18-20H,2-3,5-6,9-14H2,1H3. The third-order valence-corrected chi connectivity index (χ3v) is 6.99. The molecule has 3 heterocycles. The molecule has 4 aliphatic rings. The number of anilines is 1. The van der Waals surface area contributed by atoms with Gasteiger partial charge in [0, 0.05) is 37.8 Å². The molecule has 1 aromatic carbocycles. The van der Waals surface area contributed by atoms with Crippen LogP contribution in [0.15, 0.2) is 18.2 Å². The highest BCUT2D eigenvalue weighted by Crippen LogP contribution is 2.39. The van der Waals surface area contributed by atoms with Crippen molar-refractivity contribution in [3.63, 3.8) is 0 Å². The van der Waals surface area contributed by atoms with E-state index in [0.717, 1.165) is 31.9 Å². The lowest BCUT2D eigenvalue weighted by atomic mass is 9.97. The zero-order valence-electron chi connectivity index (χ0n) is 17.2. The summed E-state index contributed by atoms with van der Waals surface area (Å²) in [7, 11) is 0. The van der Waals surface area contributed by atoms with Gasteiger partial charge in [0.15, 0.2) is 6.61 Å². The van der Waals surface area contributed by atoms with Crippen LogP contribution in [0.1, 0.15) is 45.4 Å². The zero-order valence-corrected chi connectivity index (χ0v) is 17.2. The molecule has 2 saturated heterocycles. The van der Waals surface area contributed by atoms with Gasteiger partial charge in [-0.05, 0) is 62.5 Å². The van der Waals surface area contributed by atoms with Crippen LogP contribution in [0.4, 0.5) is 10.1 Å². The smallest absolute Gasteiger partial charge is 0.265 e. The minimum atomic E-state index is -0.338. The fraction of sp³-hybridized carbons (Fsp3) is 0.696. The maximum absolute atomic E-state index is 13.5. The van der Waals surface area contributed by atoms with Gasteiger partial charge in [0.1, 0.15) is 11.6 Å². The lowest BCUT2D eigenvalue weighted by Gasteiger charge is -2.41. The van der Waals surface area contributed by atoms with E-state index in [1.807, 2.05) is 0 Å². The summed E-state index contributed by atoms with van der Waals surface area (Å²) in [6.07, 6.45) is 7.95. The number of halogens is 1. The van der Waals surface area contributed by atoms with Crippen LogP contribution < -0.4 is 9.64 Å². The van der Waals surface area contributed by atoms with Gasteiger partial charge in [0.05, 0.1) is 11.8 Å². The van der Waals surface area contributed by atoms with Gasteiger partial charge in [-0.15, -0.1) is 0 Å². The average Bonchev–Trinajstić information content (AvgIpc) is 3.49. The molecule has 0 spiro atoms. The molecule has 0 aromatic heterocycles. The van der Waals surface area contributed by atoms with Crippen LogP contribution in [0.3, 0.4) is 0 Å². The van der Waals surface area contributed by atoms with E-state index in [2.05, 4.69) is 11.8 Å². The molecule has 2 bridgehead atoms. The van der Waals surface area contributed by atoms with Gasteiger partial charge < -0.3 is 14.4 Å². The first-order valence-electron chi connectivity index (χ1n) is 11.2. The second kappa shape index (κ2) is 7.88. The largest absolute Gasteiger partial charge is 0.481 e. The molecule has 0 radical (unpaired) electrons. The van der Waals surface area contributed by atoms with Crippen LogP contribution in [0.25, 0.3) is 0 Å².